The van der Waals surface area contributed by atoms with Gasteiger partial charge < -0.3 is 10.1 Å². The predicted molar refractivity (Wildman–Crippen MR) is 84.7 cm³/mol. The lowest BCUT2D eigenvalue weighted by molar-refractivity contribution is 0.306. The predicted octanol–water partition coefficient (Wildman–Crippen LogP) is 4.85. The first kappa shape index (κ1) is 15.2. The molecule has 0 aliphatic carbocycles. The van der Waals surface area contributed by atoms with Gasteiger partial charge in [0.05, 0.1) is 0 Å². The largest absolute Gasteiger partial charge is 0.489 e. The van der Waals surface area contributed by atoms with Crippen LogP contribution in [0.25, 0.3) is 0 Å². The number of ether oxygens (including phenoxy) is 1. The summed E-state index contributed by atoms with van der Waals surface area (Å²) in [5, 5.41) is 4.58. The summed E-state index contributed by atoms with van der Waals surface area (Å²) in [7, 11) is 1.91. The zero-order valence-electron chi connectivity index (χ0n) is 11.5. The first-order valence-electron chi connectivity index (χ1n) is 6.44. The van der Waals surface area contributed by atoms with Gasteiger partial charge >= 0.3 is 0 Å². The molecule has 1 unspecified atom stereocenters. The van der Waals surface area contributed by atoms with E-state index in [4.69, 9.17) is 27.9 Å². The van der Waals surface area contributed by atoms with Crippen molar-refractivity contribution in [1.29, 1.82) is 0 Å². The number of benzene rings is 2. The maximum Gasteiger partial charge on any atom is 0.121 e. The Labute approximate surface area is 129 Å². The highest BCUT2D eigenvalue weighted by Gasteiger charge is 2.08. The maximum absolute atomic E-state index is 6.27. The van der Waals surface area contributed by atoms with E-state index >= 15 is 0 Å². The maximum atomic E-state index is 6.27. The Morgan fingerprint density at radius 2 is 1.95 bits per heavy atom. The summed E-state index contributed by atoms with van der Waals surface area (Å²) in [5.74, 6) is 0.752. The highest BCUT2D eigenvalue weighted by Crippen LogP contribution is 2.27. The summed E-state index contributed by atoms with van der Waals surface area (Å²) >= 11 is 12.2. The fourth-order valence-electron chi connectivity index (χ4n) is 1.90. The molecule has 1 N–H and O–H groups in total. The number of hydrogen-bond acceptors (Lipinski definition) is 2. The van der Waals surface area contributed by atoms with Crippen molar-refractivity contribution in [3.8, 4) is 5.75 Å². The van der Waals surface area contributed by atoms with Crippen molar-refractivity contribution >= 4 is 23.2 Å². The van der Waals surface area contributed by atoms with Gasteiger partial charge in [0.25, 0.3) is 0 Å². The fourth-order valence-corrected chi connectivity index (χ4v) is 2.44. The second kappa shape index (κ2) is 6.98. The Morgan fingerprint density at radius 3 is 2.60 bits per heavy atom. The van der Waals surface area contributed by atoms with E-state index in [1.165, 1.54) is 0 Å². The van der Waals surface area contributed by atoms with Gasteiger partial charge in [0, 0.05) is 16.1 Å². The van der Waals surface area contributed by atoms with Gasteiger partial charge in [-0.05, 0) is 49.4 Å². The van der Waals surface area contributed by atoms with Crippen LogP contribution in [0.15, 0.2) is 42.5 Å². The van der Waals surface area contributed by atoms with Crippen LogP contribution in [0.2, 0.25) is 10.0 Å². The lowest BCUT2D eigenvalue weighted by Crippen LogP contribution is -2.12. The summed E-state index contributed by atoms with van der Waals surface area (Å²) < 4.78 is 5.73. The third kappa shape index (κ3) is 3.89. The van der Waals surface area contributed by atoms with E-state index < -0.39 is 0 Å². The quantitative estimate of drug-likeness (QED) is 0.852. The van der Waals surface area contributed by atoms with Crippen LogP contribution >= 0.6 is 23.2 Å². The molecule has 1 atom stereocenters. The summed E-state index contributed by atoms with van der Waals surface area (Å²) in [5.41, 5.74) is 2.09. The van der Waals surface area contributed by atoms with Crippen LogP contribution < -0.4 is 10.1 Å². The summed E-state index contributed by atoms with van der Waals surface area (Å²) in [6, 6.07) is 13.6. The first-order valence-corrected chi connectivity index (χ1v) is 7.19. The van der Waals surface area contributed by atoms with Gasteiger partial charge in [-0.2, -0.15) is 0 Å². The number of rotatable bonds is 5. The molecule has 0 saturated carbocycles. The highest BCUT2D eigenvalue weighted by molar-refractivity contribution is 6.31. The molecule has 2 aromatic carbocycles. The van der Waals surface area contributed by atoms with Crippen LogP contribution in [-0.2, 0) is 6.61 Å². The third-order valence-corrected chi connectivity index (χ3v) is 3.73. The van der Waals surface area contributed by atoms with Crippen LogP contribution in [0.4, 0.5) is 0 Å². The Morgan fingerprint density at radius 1 is 1.15 bits per heavy atom. The zero-order chi connectivity index (χ0) is 14.5. The highest BCUT2D eigenvalue weighted by atomic mass is 35.5. The minimum atomic E-state index is 0.212. The zero-order valence-corrected chi connectivity index (χ0v) is 13.0. The smallest absolute Gasteiger partial charge is 0.121 e. The number of halogens is 2. The molecule has 20 heavy (non-hydrogen) atoms. The van der Waals surface area contributed by atoms with Gasteiger partial charge in [-0.15, -0.1) is 0 Å². The third-order valence-electron chi connectivity index (χ3n) is 3.17. The van der Waals surface area contributed by atoms with Crippen LogP contribution in [0.3, 0.4) is 0 Å². The molecule has 0 saturated heterocycles. The molecule has 0 bridgehead atoms. The molecule has 0 heterocycles. The van der Waals surface area contributed by atoms with Crippen LogP contribution in [0.1, 0.15) is 24.1 Å². The van der Waals surface area contributed by atoms with Crippen LogP contribution in [0.5, 0.6) is 5.75 Å². The molecular formula is C16H17Cl2NO. The molecule has 4 heteroatoms. The average molecular weight is 310 g/mol. The van der Waals surface area contributed by atoms with Crippen molar-refractivity contribution in [2.24, 2.45) is 0 Å². The molecule has 0 radical (unpaired) electrons. The van der Waals surface area contributed by atoms with Gasteiger partial charge in [-0.1, -0.05) is 41.4 Å². The topological polar surface area (TPSA) is 21.3 Å². The standard InChI is InChI=1S/C16H17Cl2NO/c1-11(19-2)15-7-6-14(9-16(15)18)20-10-12-4-3-5-13(17)8-12/h3-9,11,19H,10H2,1-2H3. The van der Waals surface area contributed by atoms with Gasteiger partial charge in [0.15, 0.2) is 0 Å². The van der Waals surface area contributed by atoms with Crippen molar-refractivity contribution in [2.75, 3.05) is 7.05 Å². The average Bonchev–Trinajstić information content (AvgIpc) is 2.44. The van der Waals surface area contributed by atoms with E-state index in [-0.39, 0.29) is 6.04 Å². The molecule has 0 amide bonds. The second-order valence-corrected chi connectivity index (χ2v) is 5.46. The number of hydrogen-bond donors (Lipinski definition) is 1. The fraction of sp³-hybridized carbons (Fsp3) is 0.250. The molecule has 2 rings (SSSR count). The Balaban J connectivity index is 2.05. The monoisotopic (exact) mass is 309 g/mol. The SMILES string of the molecule is CNC(C)c1ccc(OCc2cccc(Cl)c2)cc1Cl. The normalized spacial score (nSPS) is 12.2. The molecule has 0 aromatic heterocycles. The van der Waals surface area contributed by atoms with E-state index in [1.807, 2.05) is 49.5 Å². The van der Waals surface area contributed by atoms with Crippen LogP contribution in [-0.4, -0.2) is 7.05 Å². The summed E-state index contributed by atoms with van der Waals surface area (Å²) in [6.45, 7) is 2.53. The minimum Gasteiger partial charge on any atom is -0.489 e. The van der Waals surface area contributed by atoms with Gasteiger partial charge in [0.1, 0.15) is 12.4 Å². The van der Waals surface area contributed by atoms with Crippen molar-refractivity contribution in [3.05, 3.63) is 63.6 Å². The summed E-state index contributed by atoms with van der Waals surface area (Å²) in [6.07, 6.45) is 0. The van der Waals surface area contributed by atoms with Crippen molar-refractivity contribution in [2.45, 2.75) is 19.6 Å². The Hall–Kier alpha value is -1.22. The second-order valence-electron chi connectivity index (χ2n) is 4.61. The van der Waals surface area contributed by atoms with Crippen molar-refractivity contribution < 1.29 is 4.74 Å². The lowest BCUT2D eigenvalue weighted by atomic mass is 10.1. The molecule has 0 aliphatic rings. The van der Waals surface area contributed by atoms with Gasteiger partial charge in [-0.25, -0.2) is 0 Å². The van der Waals surface area contributed by atoms with Crippen molar-refractivity contribution in [3.63, 3.8) is 0 Å². The minimum absolute atomic E-state index is 0.212. The molecular weight excluding hydrogens is 293 g/mol. The van der Waals surface area contributed by atoms with E-state index in [1.54, 1.807) is 0 Å². The molecule has 106 valence electrons. The van der Waals surface area contributed by atoms with E-state index in [2.05, 4.69) is 12.2 Å². The molecule has 0 fully saturated rings. The first-order chi connectivity index (χ1) is 9.60. The van der Waals surface area contributed by atoms with E-state index in [9.17, 15) is 0 Å². The van der Waals surface area contributed by atoms with Gasteiger partial charge in [0.2, 0.25) is 0 Å². The van der Waals surface area contributed by atoms with Crippen molar-refractivity contribution in [1.82, 2.24) is 5.32 Å². The van der Waals surface area contributed by atoms with Gasteiger partial charge in [-0.3, -0.25) is 0 Å². The molecule has 2 nitrogen and oxygen atoms in total. The van der Waals surface area contributed by atoms with E-state index in [0.717, 1.165) is 16.9 Å². The molecule has 0 aliphatic heterocycles. The Bertz CT molecular complexity index is 586. The number of nitrogens with one attached hydrogen (secondary N) is 1. The molecule has 0 spiro atoms. The molecule has 2 aromatic rings. The Kier molecular flexibility index (Phi) is 5.30. The van der Waals surface area contributed by atoms with Crippen LogP contribution in [0, 0.1) is 0 Å². The van der Waals surface area contributed by atoms with E-state index in [0.29, 0.717) is 16.7 Å². The lowest BCUT2D eigenvalue weighted by Gasteiger charge is -2.14. The summed E-state index contributed by atoms with van der Waals surface area (Å²) in [4.78, 5) is 0.